The van der Waals surface area contributed by atoms with Crippen LogP contribution in [-0.4, -0.2) is 37.9 Å². The minimum absolute atomic E-state index is 0.510. The Balaban J connectivity index is 2.14. The van der Waals surface area contributed by atoms with Crippen molar-refractivity contribution in [3.8, 4) is 0 Å². The third-order valence-electron chi connectivity index (χ3n) is 3.59. The summed E-state index contributed by atoms with van der Waals surface area (Å²) in [6.07, 6.45) is 4.98. The lowest BCUT2D eigenvalue weighted by Crippen LogP contribution is -2.31. The maximum Gasteiger partial charge on any atom is 0.328 e. The van der Waals surface area contributed by atoms with E-state index in [4.69, 9.17) is 21.4 Å². The lowest BCUT2D eigenvalue weighted by Gasteiger charge is -2.29. The molecule has 0 spiro atoms. The second kappa shape index (κ2) is 7.48. The number of carboxylic acid groups (broad SMARTS) is 1. The van der Waals surface area contributed by atoms with Gasteiger partial charge in [-0.15, -0.1) is 0 Å². The first kappa shape index (κ1) is 15.9. The zero-order valence-corrected chi connectivity index (χ0v) is 12.8. The Labute approximate surface area is 130 Å². The Kier molecular flexibility index (Phi) is 5.65. The van der Waals surface area contributed by atoms with Crippen LogP contribution in [0.5, 0.6) is 0 Å². The molecule has 1 atom stereocenters. The molecule has 0 radical (unpaired) electrons. The van der Waals surface area contributed by atoms with Crippen molar-refractivity contribution in [2.24, 2.45) is 5.92 Å². The molecule has 0 aromatic heterocycles. The minimum atomic E-state index is -0.968. The van der Waals surface area contributed by atoms with Crippen LogP contribution < -0.4 is 4.90 Å². The molecule has 4 nitrogen and oxygen atoms in total. The number of hydrogen-bond donors (Lipinski definition) is 1. The van der Waals surface area contributed by atoms with Crippen LogP contribution in [0.15, 0.2) is 24.3 Å². The first-order valence-electron chi connectivity index (χ1n) is 7.05. The smallest absolute Gasteiger partial charge is 0.328 e. The van der Waals surface area contributed by atoms with Crippen LogP contribution in [0.25, 0.3) is 6.08 Å². The molecule has 0 amide bonds. The SMILES string of the molecule is CN(CC1CCCOC1)c1ccc(Cl)cc1/C=C/C(=O)O. The number of benzene rings is 1. The Morgan fingerprint density at radius 3 is 3.05 bits per heavy atom. The van der Waals surface area contributed by atoms with Crippen molar-refractivity contribution >= 4 is 29.3 Å². The molecule has 1 N–H and O–H groups in total. The quantitative estimate of drug-likeness (QED) is 0.848. The fourth-order valence-electron chi connectivity index (χ4n) is 2.60. The van der Waals surface area contributed by atoms with Crippen LogP contribution in [0.4, 0.5) is 5.69 Å². The second-order valence-electron chi connectivity index (χ2n) is 5.34. The summed E-state index contributed by atoms with van der Waals surface area (Å²) in [5, 5.41) is 9.38. The summed E-state index contributed by atoms with van der Waals surface area (Å²) < 4.78 is 5.51. The van der Waals surface area contributed by atoms with Gasteiger partial charge < -0.3 is 14.7 Å². The molecule has 1 heterocycles. The van der Waals surface area contributed by atoms with Crippen molar-refractivity contribution in [2.75, 3.05) is 31.7 Å². The topological polar surface area (TPSA) is 49.8 Å². The van der Waals surface area contributed by atoms with Gasteiger partial charge >= 0.3 is 5.97 Å². The van der Waals surface area contributed by atoms with E-state index in [1.807, 2.05) is 19.2 Å². The minimum Gasteiger partial charge on any atom is -0.478 e. The molecule has 2 rings (SSSR count). The number of rotatable bonds is 5. The van der Waals surface area contributed by atoms with E-state index in [9.17, 15) is 4.79 Å². The number of aliphatic carboxylic acids is 1. The van der Waals surface area contributed by atoms with Crippen molar-refractivity contribution < 1.29 is 14.6 Å². The molecule has 0 saturated carbocycles. The summed E-state index contributed by atoms with van der Waals surface area (Å²) in [6.45, 7) is 2.53. The van der Waals surface area contributed by atoms with Gasteiger partial charge in [-0.2, -0.15) is 0 Å². The first-order chi connectivity index (χ1) is 10.1. The fourth-order valence-corrected chi connectivity index (χ4v) is 2.79. The highest BCUT2D eigenvalue weighted by molar-refractivity contribution is 6.30. The number of anilines is 1. The molecule has 5 heteroatoms. The van der Waals surface area contributed by atoms with Gasteiger partial charge in [-0.1, -0.05) is 11.6 Å². The number of ether oxygens (including phenoxy) is 1. The van der Waals surface area contributed by atoms with Gasteiger partial charge in [-0.3, -0.25) is 0 Å². The molecular formula is C16H20ClNO3. The van der Waals surface area contributed by atoms with Gasteiger partial charge in [0.1, 0.15) is 0 Å². The van der Waals surface area contributed by atoms with Crippen LogP contribution in [0.3, 0.4) is 0 Å². The van der Waals surface area contributed by atoms with Gasteiger partial charge in [0.15, 0.2) is 0 Å². The molecule has 114 valence electrons. The predicted molar refractivity (Wildman–Crippen MR) is 84.9 cm³/mol. The molecule has 1 aliphatic rings. The molecule has 0 bridgehead atoms. The molecule has 1 fully saturated rings. The van der Waals surface area contributed by atoms with E-state index in [1.165, 1.54) is 0 Å². The van der Waals surface area contributed by atoms with E-state index in [-0.39, 0.29) is 0 Å². The number of carbonyl (C=O) groups is 1. The van der Waals surface area contributed by atoms with Crippen LogP contribution >= 0.6 is 11.6 Å². The predicted octanol–water partition coefficient (Wildman–Crippen LogP) is 3.30. The van der Waals surface area contributed by atoms with Crippen LogP contribution in [0, 0.1) is 5.92 Å². The van der Waals surface area contributed by atoms with Gasteiger partial charge in [0, 0.05) is 37.0 Å². The molecule has 21 heavy (non-hydrogen) atoms. The maximum atomic E-state index is 10.7. The highest BCUT2D eigenvalue weighted by atomic mass is 35.5. The van der Waals surface area contributed by atoms with Crippen LogP contribution in [0.2, 0.25) is 5.02 Å². The Bertz CT molecular complexity index is 524. The summed E-state index contributed by atoms with van der Waals surface area (Å²) in [7, 11) is 2.01. The highest BCUT2D eigenvalue weighted by Gasteiger charge is 2.17. The molecule has 1 unspecified atom stereocenters. The average molecular weight is 310 g/mol. The van der Waals surface area contributed by atoms with Crippen molar-refractivity contribution in [1.82, 2.24) is 0 Å². The average Bonchev–Trinajstić information content (AvgIpc) is 2.46. The summed E-state index contributed by atoms with van der Waals surface area (Å²) in [6, 6.07) is 5.53. The molecule has 0 aliphatic carbocycles. The first-order valence-corrected chi connectivity index (χ1v) is 7.43. The van der Waals surface area contributed by atoms with Crippen molar-refractivity contribution in [3.05, 3.63) is 34.9 Å². The van der Waals surface area contributed by atoms with Gasteiger partial charge in [0.05, 0.1) is 6.61 Å². The van der Waals surface area contributed by atoms with Gasteiger partial charge in [0.2, 0.25) is 0 Å². The zero-order valence-electron chi connectivity index (χ0n) is 12.1. The van der Waals surface area contributed by atoms with Crippen LogP contribution in [-0.2, 0) is 9.53 Å². The number of nitrogens with zero attached hydrogens (tertiary/aromatic N) is 1. The van der Waals surface area contributed by atoms with Gasteiger partial charge in [0.25, 0.3) is 0 Å². The van der Waals surface area contributed by atoms with E-state index in [1.54, 1.807) is 12.1 Å². The second-order valence-corrected chi connectivity index (χ2v) is 5.77. The van der Waals surface area contributed by atoms with E-state index in [0.29, 0.717) is 10.9 Å². The number of hydrogen-bond acceptors (Lipinski definition) is 3. The summed E-state index contributed by atoms with van der Waals surface area (Å²) in [5.41, 5.74) is 1.78. The zero-order chi connectivity index (χ0) is 15.2. The van der Waals surface area contributed by atoms with E-state index < -0.39 is 5.97 Å². The number of halogens is 1. The number of carboxylic acids is 1. The molecule has 1 aromatic carbocycles. The fraction of sp³-hybridized carbons (Fsp3) is 0.438. The van der Waals surface area contributed by atoms with E-state index in [2.05, 4.69) is 4.90 Å². The standard InChI is InChI=1S/C16H20ClNO3/c1-18(10-12-3-2-8-21-11-12)15-6-5-14(17)9-13(15)4-7-16(19)20/h4-7,9,12H,2-3,8,10-11H2,1H3,(H,19,20)/b7-4+. The molecule has 1 aliphatic heterocycles. The monoisotopic (exact) mass is 309 g/mol. The summed E-state index contributed by atoms with van der Waals surface area (Å²) in [4.78, 5) is 12.8. The van der Waals surface area contributed by atoms with E-state index in [0.717, 1.165) is 49.9 Å². The normalized spacial score (nSPS) is 18.9. The third kappa shape index (κ3) is 4.76. The maximum absolute atomic E-state index is 10.7. The molecule has 1 saturated heterocycles. The Morgan fingerprint density at radius 2 is 2.38 bits per heavy atom. The Hall–Kier alpha value is -1.52. The Morgan fingerprint density at radius 1 is 1.57 bits per heavy atom. The summed E-state index contributed by atoms with van der Waals surface area (Å²) in [5.74, 6) is -0.458. The van der Waals surface area contributed by atoms with Gasteiger partial charge in [-0.05, 0) is 48.6 Å². The lowest BCUT2D eigenvalue weighted by atomic mass is 10.0. The largest absolute Gasteiger partial charge is 0.478 e. The molecular weight excluding hydrogens is 290 g/mol. The van der Waals surface area contributed by atoms with Crippen molar-refractivity contribution in [1.29, 1.82) is 0 Å². The van der Waals surface area contributed by atoms with Crippen molar-refractivity contribution in [2.45, 2.75) is 12.8 Å². The summed E-state index contributed by atoms with van der Waals surface area (Å²) >= 11 is 6.01. The van der Waals surface area contributed by atoms with E-state index >= 15 is 0 Å². The van der Waals surface area contributed by atoms with Crippen LogP contribution in [0.1, 0.15) is 18.4 Å². The lowest BCUT2D eigenvalue weighted by molar-refractivity contribution is -0.131. The van der Waals surface area contributed by atoms with Gasteiger partial charge in [-0.25, -0.2) is 4.79 Å². The molecule has 1 aromatic rings. The third-order valence-corrected chi connectivity index (χ3v) is 3.83. The highest BCUT2D eigenvalue weighted by Crippen LogP contribution is 2.26. The van der Waals surface area contributed by atoms with Crippen molar-refractivity contribution in [3.63, 3.8) is 0 Å².